The molecule has 1 aromatic rings. The molecule has 8 heteroatoms. The second-order valence-electron chi connectivity index (χ2n) is 7.11. The van der Waals surface area contributed by atoms with Crippen molar-refractivity contribution in [1.82, 2.24) is 15.5 Å². The van der Waals surface area contributed by atoms with Gasteiger partial charge >= 0.3 is 18.0 Å². The van der Waals surface area contributed by atoms with Crippen molar-refractivity contribution in [2.24, 2.45) is 0 Å². The lowest BCUT2D eigenvalue weighted by Crippen LogP contribution is -2.48. The lowest BCUT2D eigenvalue weighted by Gasteiger charge is -2.35. The molecule has 1 aromatic carbocycles. The average molecular weight is 417 g/mol. The fourth-order valence-corrected chi connectivity index (χ4v) is 3.31. The number of anilines is 1. The van der Waals surface area contributed by atoms with Crippen molar-refractivity contribution >= 4 is 23.7 Å². The van der Waals surface area contributed by atoms with Gasteiger partial charge in [-0.25, -0.2) is 14.4 Å². The molecule has 1 heterocycles. The first kappa shape index (κ1) is 23.3. The smallest absolute Gasteiger partial charge is 0.338 e. The normalized spacial score (nSPS) is 16.2. The topological polar surface area (TPSA) is 99.8 Å². The summed E-state index contributed by atoms with van der Waals surface area (Å²) in [7, 11) is 0. The summed E-state index contributed by atoms with van der Waals surface area (Å²) in [4.78, 5) is 38.8. The van der Waals surface area contributed by atoms with Crippen molar-refractivity contribution in [2.75, 3.05) is 25.0 Å². The Hall–Kier alpha value is -3.03. The molecule has 4 amide bonds. The Balaban J connectivity index is 2.24. The molecule has 1 aliphatic heterocycles. The van der Waals surface area contributed by atoms with Crippen LogP contribution in [0.4, 0.5) is 15.3 Å². The van der Waals surface area contributed by atoms with Crippen molar-refractivity contribution in [3.63, 3.8) is 0 Å². The SMILES string of the molecule is CCCCNC(=O)Nc1ccc(C2NC(=O)N(CCC)C(C)=C2C(=O)OCC)cc1. The molecule has 0 saturated carbocycles. The molecule has 0 radical (unpaired) electrons. The molecule has 2 rings (SSSR count). The maximum Gasteiger partial charge on any atom is 0.338 e. The van der Waals surface area contributed by atoms with E-state index < -0.39 is 12.0 Å². The highest BCUT2D eigenvalue weighted by atomic mass is 16.5. The fraction of sp³-hybridized carbons (Fsp3) is 0.500. The molecular formula is C22H32N4O4. The van der Waals surface area contributed by atoms with Crippen LogP contribution < -0.4 is 16.0 Å². The van der Waals surface area contributed by atoms with E-state index in [9.17, 15) is 14.4 Å². The molecule has 0 aromatic heterocycles. The number of hydrogen-bond donors (Lipinski definition) is 3. The molecule has 30 heavy (non-hydrogen) atoms. The van der Waals surface area contributed by atoms with Gasteiger partial charge in [-0.3, -0.25) is 4.90 Å². The van der Waals surface area contributed by atoms with E-state index in [1.54, 1.807) is 43.0 Å². The zero-order valence-corrected chi connectivity index (χ0v) is 18.2. The number of rotatable bonds is 9. The minimum Gasteiger partial charge on any atom is -0.463 e. The monoisotopic (exact) mass is 416 g/mol. The van der Waals surface area contributed by atoms with Gasteiger partial charge in [0.05, 0.1) is 18.2 Å². The van der Waals surface area contributed by atoms with E-state index in [1.165, 1.54) is 0 Å². The molecule has 0 bridgehead atoms. The summed E-state index contributed by atoms with van der Waals surface area (Å²) in [5.74, 6) is -0.446. The number of allylic oxidation sites excluding steroid dienone is 1. The summed E-state index contributed by atoms with van der Waals surface area (Å²) < 4.78 is 5.25. The highest BCUT2D eigenvalue weighted by Crippen LogP contribution is 2.32. The van der Waals surface area contributed by atoms with Crippen LogP contribution in [-0.2, 0) is 9.53 Å². The van der Waals surface area contributed by atoms with Crippen LogP contribution in [0.3, 0.4) is 0 Å². The number of unbranched alkanes of at least 4 members (excludes halogenated alkanes) is 1. The van der Waals surface area contributed by atoms with Crippen LogP contribution in [0.2, 0.25) is 0 Å². The highest BCUT2D eigenvalue weighted by Gasteiger charge is 2.36. The standard InChI is InChI=1S/C22H32N4O4/c1-5-8-13-23-21(28)24-17-11-9-16(10-12-17)19-18(20(27)30-7-3)15(4)26(14-6-2)22(29)25-19/h9-12,19H,5-8,13-14H2,1-4H3,(H,25,29)(H2,23,24,28). The first-order valence-electron chi connectivity index (χ1n) is 10.5. The van der Waals surface area contributed by atoms with E-state index in [0.717, 1.165) is 24.8 Å². The molecule has 8 nitrogen and oxygen atoms in total. The van der Waals surface area contributed by atoms with Crippen molar-refractivity contribution < 1.29 is 19.1 Å². The molecule has 0 aliphatic carbocycles. The quantitative estimate of drug-likeness (QED) is 0.420. The Labute approximate surface area is 178 Å². The second-order valence-corrected chi connectivity index (χ2v) is 7.11. The molecule has 3 N–H and O–H groups in total. The van der Waals surface area contributed by atoms with Gasteiger partial charge in [-0.15, -0.1) is 0 Å². The van der Waals surface area contributed by atoms with Crippen molar-refractivity contribution in [1.29, 1.82) is 0 Å². The van der Waals surface area contributed by atoms with Gasteiger partial charge in [-0.2, -0.15) is 0 Å². The Morgan fingerprint density at radius 3 is 2.43 bits per heavy atom. The number of nitrogens with one attached hydrogen (secondary N) is 3. The summed E-state index contributed by atoms with van der Waals surface area (Å²) in [6, 6.07) is 5.94. The van der Waals surface area contributed by atoms with Gasteiger partial charge in [-0.1, -0.05) is 32.4 Å². The Bertz CT molecular complexity index is 789. The summed E-state index contributed by atoms with van der Waals surface area (Å²) in [5.41, 5.74) is 2.38. The van der Waals surface area contributed by atoms with Gasteiger partial charge in [0.15, 0.2) is 0 Å². The van der Waals surface area contributed by atoms with Crippen molar-refractivity contribution in [3.8, 4) is 0 Å². The van der Waals surface area contributed by atoms with E-state index in [0.29, 0.717) is 30.0 Å². The number of benzene rings is 1. The lowest BCUT2D eigenvalue weighted by atomic mass is 9.94. The van der Waals surface area contributed by atoms with E-state index >= 15 is 0 Å². The second kappa shape index (κ2) is 11.2. The molecule has 164 valence electrons. The predicted octanol–water partition coefficient (Wildman–Crippen LogP) is 3.92. The third kappa shape index (κ3) is 5.75. The van der Waals surface area contributed by atoms with Crippen LogP contribution in [0.15, 0.2) is 35.5 Å². The Kier molecular flexibility index (Phi) is 8.70. The Morgan fingerprint density at radius 2 is 1.83 bits per heavy atom. The van der Waals surface area contributed by atoms with Crippen LogP contribution in [0.1, 0.15) is 58.6 Å². The molecule has 1 atom stereocenters. The minimum absolute atomic E-state index is 0.245. The number of nitrogens with zero attached hydrogens (tertiary/aromatic N) is 1. The summed E-state index contributed by atoms with van der Waals surface area (Å²) >= 11 is 0. The number of ether oxygens (including phenoxy) is 1. The van der Waals surface area contributed by atoms with E-state index in [1.807, 2.05) is 6.92 Å². The third-order valence-electron chi connectivity index (χ3n) is 4.86. The van der Waals surface area contributed by atoms with Crippen LogP contribution in [0.5, 0.6) is 0 Å². The van der Waals surface area contributed by atoms with Gasteiger partial charge in [0, 0.05) is 24.5 Å². The summed E-state index contributed by atoms with van der Waals surface area (Å²) in [5, 5.41) is 8.48. The third-order valence-corrected chi connectivity index (χ3v) is 4.86. The highest BCUT2D eigenvalue weighted by molar-refractivity contribution is 5.95. The van der Waals surface area contributed by atoms with Crippen molar-refractivity contribution in [3.05, 3.63) is 41.1 Å². The van der Waals surface area contributed by atoms with Crippen LogP contribution >= 0.6 is 0 Å². The predicted molar refractivity (Wildman–Crippen MR) is 116 cm³/mol. The number of esters is 1. The molecule has 0 spiro atoms. The van der Waals surface area contributed by atoms with E-state index in [-0.39, 0.29) is 18.7 Å². The molecular weight excluding hydrogens is 384 g/mol. The van der Waals surface area contributed by atoms with Crippen LogP contribution in [-0.4, -0.2) is 42.6 Å². The Morgan fingerprint density at radius 1 is 1.13 bits per heavy atom. The molecule has 1 aliphatic rings. The summed E-state index contributed by atoms with van der Waals surface area (Å²) in [6.45, 7) is 8.94. The van der Waals surface area contributed by atoms with Crippen molar-refractivity contribution in [2.45, 2.75) is 53.0 Å². The number of hydrogen-bond acceptors (Lipinski definition) is 4. The summed E-state index contributed by atoms with van der Waals surface area (Å²) in [6.07, 6.45) is 2.70. The number of urea groups is 2. The van der Waals surface area contributed by atoms with E-state index in [4.69, 9.17) is 4.74 Å². The van der Waals surface area contributed by atoms with Gasteiger partial charge < -0.3 is 20.7 Å². The zero-order chi connectivity index (χ0) is 22.1. The maximum atomic E-state index is 12.7. The molecule has 1 unspecified atom stereocenters. The first-order valence-corrected chi connectivity index (χ1v) is 10.5. The van der Waals surface area contributed by atoms with Gasteiger partial charge in [0.1, 0.15) is 0 Å². The van der Waals surface area contributed by atoms with Crippen LogP contribution in [0.25, 0.3) is 0 Å². The molecule has 0 saturated heterocycles. The lowest BCUT2D eigenvalue weighted by molar-refractivity contribution is -0.139. The molecule has 0 fully saturated rings. The van der Waals surface area contributed by atoms with Crippen LogP contribution in [0, 0.1) is 0 Å². The average Bonchev–Trinajstić information content (AvgIpc) is 2.71. The van der Waals surface area contributed by atoms with Gasteiger partial charge in [-0.05, 0) is 44.4 Å². The van der Waals surface area contributed by atoms with Gasteiger partial charge in [0.2, 0.25) is 0 Å². The minimum atomic E-state index is -0.614. The zero-order valence-electron chi connectivity index (χ0n) is 18.2. The largest absolute Gasteiger partial charge is 0.463 e. The number of amides is 4. The first-order chi connectivity index (χ1) is 14.4. The van der Waals surface area contributed by atoms with Gasteiger partial charge in [0.25, 0.3) is 0 Å². The maximum absolute atomic E-state index is 12.7. The van der Waals surface area contributed by atoms with E-state index in [2.05, 4.69) is 22.9 Å². The number of carbonyl (C=O) groups excluding carboxylic acids is 3. The fourth-order valence-electron chi connectivity index (χ4n) is 3.31. The number of carbonyl (C=O) groups is 3.